The molecule has 3 aromatic rings. The average Bonchev–Trinajstić information content (AvgIpc) is 2.76. The van der Waals surface area contributed by atoms with Gasteiger partial charge in [0.1, 0.15) is 27.9 Å². The van der Waals surface area contributed by atoms with Crippen LogP contribution in [0.1, 0.15) is 16.8 Å². The number of fused-ring (bicyclic) bond motifs is 1. The molecule has 6 nitrogen and oxygen atoms in total. The van der Waals surface area contributed by atoms with Crippen molar-refractivity contribution >= 4 is 45.7 Å². The topological polar surface area (TPSA) is 60.3 Å². The number of nitrogens with zero attached hydrogens (tertiary/aromatic N) is 4. The van der Waals surface area contributed by atoms with Gasteiger partial charge in [-0.25, -0.2) is 8.84 Å². The maximum absolute atomic E-state index is 13.4. The van der Waals surface area contributed by atoms with Crippen LogP contribution < -0.4 is 15.2 Å². The Morgan fingerprint density at radius 3 is 2.72 bits per heavy atom. The molecule has 168 valence electrons. The fraction of sp³-hybridized carbons (Fsp3) is 0.211. The standard InChI is InChI=1S/C19H13ClF4IN4O2P/c20-17-14(8-27-29(32-25)18(17)30)28-6-4-11-13(9-28)26-5-3-15(11)31-16-2-1-10(21)7-12(16)19(22,23)24/h1-3,5,7-8,32H,4,6,9H2. The summed E-state index contributed by atoms with van der Waals surface area (Å²) < 4.78 is 60.2. The SMILES string of the molecule is O=c1c(Cl)c(N2CCc3c(Oc4ccc(F)cc4C(F)(F)F)ccnc3C2)cnn1PI. The van der Waals surface area contributed by atoms with Crippen LogP contribution >= 0.6 is 40.0 Å². The van der Waals surface area contributed by atoms with E-state index in [4.69, 9.17) is 16.3 Å². The number of benzene rings is 1. The Hall–Kier alpha value is -1.98. The maximum atomic E-state index is 13.4. The van der Waals surface area contributed by atoms with E-state index in [-0.39, 0.29) is 23.7 Å². The van der Waals surface area contributed by atoms with Crippen molar-refractivity contribution in [2.45, 2.75) is 19.1 Å². The molecular formula is C19H13ClF4IN4O2P. The smallest absolute Gasteiger partial charge is 0.420 e. The lowest BCUT2D eigenvalue weighted by molar-refractivity contribution is -0.138. The second-order valence-electron chi connectivity index (χ2n) is 6.79. The van der Waals surface area contributed by atoms with Crippen molar-refractivity contribution in [1.29, 1.82) is 0 Å². The molecule has 0 spiro atoms. The first-order valence-corrected chi connectivity index (χ1v) is 13.5. The first kappa shape index (κ1) is 23.2. The number of aromatic nitrogens is 3. The third kappa shape index (κ3) is 4.55. The van der Waals surface area contributed by atoms with E-state index in [1.165, 1.54) is 22.9 Å². The summed E-state index contributed by atoms with van der Waals surface area (Å²) in [7, 11) is 0. The molecule has 4 rings (SSSR count). The van der Waals surface area contributed by atoms with Crippen LogP contribution in [0.4, 0.5) is 23.2 Å². The van der Waals surface area contributed by atoms with Crippen molar-refractivity contribution < 1.29 is 22.3 Å². The number of hydrogen-bond donors (Lipinski definition) is 0. The van der Waals surface area contributed by atoms with Crippen LogP contribution in [0.2, 0.25) is 5.02 Å². The van der Waals surface area contributed by atoms with Crippen molar-refractivity contribution in [2.24, 2.45) is 0 Å². The summed E-state index contributed by atoms with van der Waals surface area (Å²) in [6.07, 6.45) is -1.35. The molecule has 0 saturated heterocycles. The quantitative estimate of drug-likeness (QED) is 0.223. The van der Waals surface area contributed by atoms with E-state index in [1.54, 1.807) is 0 Å². The number of anilines is 1. The van der Waals surface area contributed by atoms with Crippen LogP contribution in [0.5, 0.6) is 11.5 Å². The lowest BCUT2D eigenvalue weighted by atomic mass is 10.0. The zero-order valence-corrected chi connectivity index (χ0v) is 19.9. The van der Waals surface area contributed by atoms with E-state index < -0.39 is 28.9 Å². The van der Waals surface area contributed by atoms with Gasteiger partial charge >= 0.3 is 6.18 Å². The minimum absolute atomic E-state index is 0.0427. The molecule has 0 saturated carbocycles. The van der Waals surface area contributed by atoms with Crippen LogP contribution in [0, 0.1) is 5.82 Å². The van der Waals surface area contributed by atoms with Crippen LogP contribution in [-0.2, 0) is 19.1 Å². The zero-order chi connectivity index (χ0) is 23.0. The van der Waals surface area contributed by atoms with Gasteiger partial charge in [-0.1, -0.05) is 11.6 Å². The van der Waals surface area contributed by atoms with Crippen molar-refractivity contribution in [2.75, 3.05) is 11.4 Å². The summed E-state index contributed by atoms with van der Waals surface area (Å²) in [5.41, 5.74) is 0.0608. The van der Waals surface area contributed by atoms with Crippen molar-refractivity contribution in [3.8, 4) is 11.5 Å². The predicted octanol–water partition coefficient (Wildman–Crippen LogP) is 5.60. The van der Waals surface area contributed by atoms with Crippen molar-refractivity contribution in [1.82, 2.24) is 14.5 Å². The fourth-order valence-electron chi connectivity index (χ4n) is 3.36. The molecule has 0 fully saturated rings. The fourth-order valence-corrected chi connectivity index (χ4v) is 5.00. The van der Waals surface area contributed by atoms with Gasteiger partial charge in [-0.15, -0.1) is 0 Å². The molecule has 0 radical (unpaired) electrons. The van der Waals surface area contributed by atoms with Gasteiger partial charge in [-0.05, 0) is 52.7 Å². The monoisotopic (exact) mass is 598 g/mol. The molecular weight excluding hydrogens is 586 g/mol. The first-order valence-electron chi connectivity index (χ1n) is 9.10. The number of hydrogen-bond acceptors (Lipinski definition) is 5. The second kappa shape index (κ2) is 9.11. The van der Waals surface area contributed by atoms with Gasteiger partial charge in [0, 0.05) is 18.3 Å². The highest BCUT2D eigenvalue weighted by Gasteiger charge is 2.35. The highest BCUT2D eigenvalue weighted by Crippen LogP contribution is 2.40. The zero-order valence-electron chi connectivity index (χ0n) is 16.0. The minimum Gasteiger partial charge on any atom is -0.456 e. The minimum atomic E-state index is -4.77. The van der Waals surface area contributed by atoms with Crippen LogP contribution in [0.15, 0.2) is 41.5 Å². The number of rotatable bonds is 4. The number of pyridine rings is 1. The van der Waals surface area contributed by atoms with E-state index in [1.807, 2.05) is 26.9 Å². The van der Waals surface area contributed by atoms with Gasteiger partial charge in [0.15, 0.2) is 0 Å². The Bertz CT molecular complexity index is 1240. The lowest BCUT2D eigenvalue weighted by Gasteiger charge is -2.31. The highest BCUT2D eigenvalue weighted by molar-refractivity contribution is 14.2. The third-order valence-electron chi connectivity index (χ3n) is 4.86. The van der Waals surface area contributed by atoms with E-state index in [0.717, 1.165) is 12.1 Å². The van der Waals surface area contributed by atoms with Crippen molar-refractivity contribution in [3.63, 3.8) is 0 Å². The second-order valence-corrected chi connectivity index (χ2v) is 9.21. The Morgan fingerprint density at radius 2 is 2.00 bits per heavy atom. The summed E-state index contributed by atoms with van der Waals surface area (Å²) >= 11 is 8.28. The number of halogens is 6. The summed E-state index contributed by atoms with van der Waals surface area (Å²) in [4.78, 5) is 18.4. The van der Waals surface area contributed by atoms with Crippen LogP contribution in [-0.4, -0.2) is 21.1 Å². The molecule has 13 heteroatoms. The highest BCUT2D eigenvalue weighted by atomic mass is 127. The molecule has 1 aromatic carbocycles. The molecule has 32 heavy (non-hydrogen) atoms. The molecule has 0 amide bonds. The lowest BCUT2D eigenvalue weighted by Crippen LogP contribution is -2.33. The van der Waals surface area contributed by atoms with Crippen molar-refractivity contribution in [3.05, 3.63) is 74.7 Å². The van der Waals surface area contributed by atoms with E-state index in [2.05, 4.69) is 10.1 Å². The maximum Gasteiger partial charge on any atom is 0.420 e. The summed E-state index contributed by atoms with van der Waals surface area (Å²) in [6.45, 7) is 0.682. The molecule has 2 aromatic heterocycles. The van der Waals surface area contributed by atoms with Gasteiger partial charge in [-0.3, -0.25) is 9.78 Å². The van der Waals surface area contributed by atoms with Crippen LogP contribution in [0.3, 0.4) is 0 Å². The largest absolute Gasteiger partial charge is 0.456 e. The predicted molar refractivity (Wildman–Crippen MR) is 122 cm³/mol. The van der Waals surface area contributed by atoms with E-state index in [0.29, 0.717) is 36.0 Å². The molecule has 3 heterocycles. The Kier molecular flexibility index (Phi) is 6.60. The number of ether oxygens (including phenoxy) is 1. The average molecular weight is 599 g/mol. The van der Waals surface area contributed by atoms with Gasteiger partial charge in [0.05, 0.1) is 30.5 Å². The third-order valence-corrected chi connectivity index (χ3v) is 7.07. The summed E-state index contributed by atoms with van der Waals surface area (Å²) in [6, 6.07) is 3.73. The number of alkyl halides is 3. The molecule has 0 bridgehead atoms. The normalized spacial score (nSPS) is 14.1. The first-order chi connectivity index (χ1) is 15.2. The van der Waals surface area contributed by atoms with E-state index in [9.17, 15) is 22.4 Å². The Balaban J connectivity index is 1.65. The molecule has 1 aliphatic rings. The molecule has 1 atom stereocenters. The van der Waals surface area contributed by atoms with Gasteiger partial charge in [0.2, 0.25) is 0 Å². The summed E-state index contributed by atoms with van der Waals surface area (Å²) in [5, 5.41) is 4.15. The van der Waals surface area contributed by atoms with Gasteiger partial charge < -0.3 is 9.64 Å². The van der Waals surface area contributed by atoms with E-state index >= 15 is 0 Å². The Labute approximate surface area is 198 Å². The Morgan fingerprint density at radius 1 is 1.22 bits per heavy atom. The summed E-state index contributed by atoms with van der Waals surface area (Å²) in [5.74, 6) is -1.30. The van der Waals surface area contributed by atoms with Crippen LogP contribution in [0.25, 0.3) is 0 Å². The van der Waals surface area contributed by atoms with Gasteiger partial charge in [-0.2, -0.15) is 18.3 Å². The molecule has 0 aliphatic carbocycles. The molecule has 0 N–H and O–H groups in total. The molecule has 1 aliphatic heterocycles. The van der Waals surface area contributed by atoms with Gasteiger partial charge in [0.25, 0.3) is 5.56 Å². The molecule has 1 unspecified atom stereocenters.